The van der Waals surface area contributed by atoms with E-state index in [0.717, 1.165) is 38.2 Å². The van der Waals surface area contributed by atoms with Gasteiger partial charge in [0.2, 0.25) is 7.09 Å². The molecule has 0 N–H and O–H groups in total. The Bertz CT molecular complexity index is 360. The maximum Gasteiger partial charge on any atom is 0.320 e. The van der Waals surface area contributed by atoms with Crippen molar-refractivity contribution in [2.24, 2.45) is 5.92 Å². The summed E-state index contributed by atoms with van der Waals surface area (Å²) in [5.41, 5.74) is 0. The van der Waals surface area contributed by atoms with Crippen LogP contribution in [0, 0.1) is 5.92 Å². The van der Waals surface area contributed by atoms with Crippen LogP contribution < -0.4 is 0 Å². The van der Waals surface area contributed by atoms with Crippen LogP contribution in [0.15, 0.2) is 0 Å². The van der Waals surface area contributed by atoms with Crippen LogP contribution in [0.2, 0.25) is 0 Å². The smallest absolute Gasteiger partial charge is 0.320 e. The van der Waals surface area contributed by atoms with Gasteiger partial charge in [-0.1, -0.05) is 18.3 Å². The first-order chi connectivity index (χ1) is 10.5. The molecule has 6 nitrogen and oxygen atoms in total. The number of piperidine rings is 1. The van der Waals surface area contributed by atoms with Gasteiger partial charge in [-0.15, -0.1) is 0 Å². The molecule has 0 aromatic heterocycles. The molecule has 21 heavy (non-hydrogen) atoms. The molecular formula is C13H23BNO5S. The standard InChI is InChI=1S/C13H23BNO5S/c1-15-9(5-4-6-10(15)8-20-21-14)7-11(12(16)18-2)13(17)19-3/h9-11,14H,4-8H2,1-3H3/t9-,10-/m1/s1/i14T. The number of ether oxygens (including phenoxy) is 2. The Morgan fingerprint density at radius 1 is 1.33 bits per heavy atom. The summed E-state index contributed by atoms with van der Waals surface area (Å²) < 4.78 is 21.7. The molecular weight excluding hydrogens is 293 g/mol. The van der Waals surface area contributed by atoms with Crippen LogP contribution >= 0.6 is 11.9 Å². The van der Waals surface area contributed by atoms with E-state index < -0.39 is 17.9 Å². The second-order valence-corrected chi connectivity index (χ2v) is 5.55. The van der Waals surface area contributed by atoms with Crippen molar-refractivity contribution >= 4 is 30.9 Å². The minimum atomic E-state index is -0.891. The Balaban J connectivity index is 2.64. The van der Waals surface area contributed by atoms with Gasteiger partial charge in [0.25, 0.3) is 0 Å². The lowest BCUT2D eigenvalue weighted by Crippen LogP contribution is -2.48. The van der Waals surface area contributed by atoms with E-state index >= 15 is 0 Å². The number of carbonyl (C=O) groups is 2. The van der Waals surface area contributed by atoms with E-state index in [0.29, 0.717) is 13.0 Å². The summed E-state index contributed by atoms with van der Waals surface area (Å²) in [7, 11) is 5.66. The fraction of sp³-hybridized carbons (Fsp3) is 0.846. The number of methoxy groups -OCH3 is 2. The summed E-state index contributed by atoms with van der Waals surface area (Å²) in [6, 6.07) is 0.303. The molecule has 1 fully saturated rings. The van der Waals surface area contributed by atoms with Crippen molar-refractivity contribution in [2.45, 2.75) is 37.8 Å². The van der Waals surface area contributed by atoms with Gasteiger partial charge in [0.15, 0.2) is 5.92 Å². The average molecular weight is 318 g/mol. The SMILES string of the molecule is [3H][B]SOC[C@H]1CCC[C@H](CC(C(=O)OC)C(=O)OC)N1C. The molecule has 1 aliphatic rings. The largest absolute Gasteiger partial charge is 0.468 e. The second-order valence-electron chi connectivity index (χ2n) is 5.12. The Morgan fingerprint density at radius 2 is 1.95 bits per heavy atom. The summed E-state index contributed by atoms with van der Waals surface area (Å²) in [6.45, 7) is 0.508. The quantitative estimate of drug-likeness (QED) is 0.214. The highest BCUT2D eigenvalue weighted by molar-refractivity contribution is 8.15. The van der Waals surface area contributed by atoms with Crippen molar-refractivity contribution in [1.82, 2.24) is 4.90 Å². The minimum absolute atomic E-state index is 0.0931. The predicted molar refractivity (Wildman–Crippen MR) is 82.0 cm³/mol. The summed E-state index contributed by atoms with van der Waals surface area (Å²) >= 11 is 1.00. The number of nitrogens with zero attached hydrogens (tertiary/aromatic N) is 1. The van der Waals surface area contributed by atoms with E-state index in [1.807, 2.05) is 7.05 Å². The minimum Gasteiger partial charge on any atom is -0.468 e. The van der Waals surface area contributed by atoms with Crippen molar-refractivity contribution in [3.63, 3.8) is 0 Å². The molecule has 1 heterocycles. The van der Waals surface area contributed by atoms with Crippen LogP contribution in [0.1, 0.15) is 25.7 Å². The first-order valence-electron chi connectivity index (χ1n) is 7.48. The molecule has 0 amide bonds. The molecule has 0 bridgehead atoms. The van der Waals surface area contributed by atoms with Crippen LogP contribution in [-0.4, -0.2) is 65.2 Å². The molecule has 1 radical (unpaired) electrons. The summed E-state index contributed by atoms with van der Waals surface area (Å²) in [6.07, 6.45) is 3.29. The van der Waals surface area contributed by atoms with E-state index in [1.54, 1.807) is 0 Å². The van der Waals surface area contributed by atoms with E-state index in [4.69, 9.17) is 15.0 Å². The van der Waals surface area contributed by atoms with Crippen molar-refractivity contribution < 1.29 is 23.2 Å². The molecule has 8 heteroatoms. The number of esters is 2. The van der Waals surface area contributed by atoms with Gasteiger partial charge in [0.1, 0.15) is 0 Å². The summed E-state index contributed by atoms with van der Waals surface area (Å²) in [5, 5.41) is 0. The maximum absolute atomic E-state index is 11.8. The van der Waals surface area contributed by atoms with E-state index in [-0.39, 0.29) is 12.1 Å². The number of rotatable bonds is 8. The van der Waals surface area contributed by atoms with E-state index in [2.05, 4.69) is 4.90 Å². The Kier molecular flexibility index (Phi) is 7.39. The van der Waals surface area contributed by atoms with Crippen molar-refractivity contribution in [3.05, 3.63) is 0 Å². The predicted octanol–water partition coefficient (Wildman–Crippen LogP) is 0.672. The monoisotopic (exact) mass is 318 g/mol. The zero-order valence-corrected chi connectivity index (χ0v) is 13.6. The van der Waals surface area contributed by atoms with Crippen LogP contribution in [0.25, 0.3) is 0 Å². The highest BCUT2D eigenvalue weighted by atomic mass is 32.2. The van der Waals surface area contributed by atoms with Crippen LogP contribution in [0.4, 0.5) is 0 Å². The maximum atomic E-state index is 11.8. The number of carbonyl (C=O) groups excluding carboxylic acids is 2. The van der Waals surface area contributed by atoms with Crippen molar-refractivity contribution in [2.75, 3.05) is 27.9 Å². The molecule has 0 saturated carbocycles. The molecule has 0 aromatic rings. The van der Waals surface area contributed by atoms with Gasteiger partial charge >= 0.3 is 11.9 Å². The zero-order valence-electron chi connectivity index (χ0n) is 13.7. The van der Waals surface area contributed by atoms with Crippen molar-refractivity contribution in [1.29, 1.82) is 1.34 Å². The molecule has 2 atom stereocenters. The Hall–Kier alpha value is -0.725. The second kappa shape index (κ2) is 9.32. The topological polar surface area (TPSA) is 65.1 Å². The lowest BCUT2D eigenvalue weighted by Gasteiger charge is -2.40. The van der Waals surface area contributed by atoms with Crippen LogP contribution in [0.3, 0.4) is 0 Å². The van der Waals surface area contributed by atoms with Crippen LogP contribution in [0.5, 0.6) is 0 Å². The van der Waals surface area contributed by atoms with Gasteiger partial charge in [0, 0.05) is 12.1 Å². The fourth-order valence-corrected chi connectivity index (χ4v) is 2.98. The third-order valence-electron chi connectivity index (χ3n) is 4.03. The third-order valence-corrected chi connectivity index (χ3v) is 4.31. The number of likely N-dealkylation sites (tertiary alicyclic amines) is 1. The number of hydrogen-bond donors (Lipinski definition) is 0. The first kappa shape index (κ1) is 16.6. The van der Waals surface area contributed by atoms with Gasteiger partial charge in [-0.2, -0.15) is 0 Å². The molecule has 0 unspecified atom stereocenters. The number of hydrogen-bond acceptors (Lipinski definition) is 7. The molecule has 1 rings (SSSR count). The molecule has 0 spiro atoms. The number of likely N-dealkylation sites (N-methyl/N-ethyl adjacent to an activating group) is 1. The Labute approximate surface area is 132 Å². The van der Waals surface area contributed by atoms with Crippen LogP contribution in [-0.2, 0) is 23.2 Å². The molecule has 1 saturated heterocycles. The zero-order chi connectivity index (χ0) is 16.5. The van der Waals surface area contributed by atoms with Gasteiger partial charge < -0.3 is 13.7 Å². The van der Waals surface area contributed by atoms with E-state index in [1.165, 1.54) is 14.2 Å². The summed E-state index contributed by atoms with van der Waals surface area (Å²) in [5.74, 6) is -2.01. The van der Waals surface area contributed by atoms with Gasteiger partial charge in [-0.05, 0) is 27.6 Å². The first-order valence-corrected chi connectivity index (χ1v) is 7.71. The molecule has 1 aliphatic heterocycles. The molecule has 119 valence electrons. The normalized spacial score (nSPS) is 23.5. The van der Waals surface area contributed by atoms with E-state index in [9.17, 15) is 9.59 Å². The highest BCUT2D eigenvalue weighted by Crippen LogP contribution is 2.27. The lowest BCUT2D eigenvalue weighted by atomic mass is 9.89. The lowest BCUT2D eigenvalue weighted by molar-refractivity contribution is -0.160. The summed E-state index contributed by atoms with van der Waals surface area (Å²) in [4.78, 5) is 25.7. The fourth-order valence-electron chi connectivity index (χ4n) is 2.74. The molecule has 0 aromatic carbocycles. The highest BCUT2D eigenvalue weighted by Gasteiger charge is 2.36. The van der Waals surface area contributed by atoms with Gasteiger partial charge in [0.05, 0.1) is 20.8 Å². The Morgan fingerprint density at radius 3 is 2.52 bits per heavy atom. The van der Waals surface area contributed by atoms with Gasteiger partial charge in [-0.25, -0.2) is 0 Å². The van der Waals surface area contributed by atoms with Crippen molar-refractivity contribution in [3.8, 4) is 0 Å². The molecule has 0 aliphatic carbocycles. The average Bonchev–Trinajstić information content (AvgIpc) is 2.54. The van der Waals surface area contributed by atoms with Gasteiger partial charge in [-0.3, -0.25) is 14.5 Å². The third kappa shape index (κ3) is 5.20.